The summed E-state index contributed by atoms with van der Waals surface area (Å²) in [7, 11) is 1.98. The lowest BCUT2D eigenvalue weighted by Gasteiger charge is -2.33. The molecule has 1 aliphatic heterocycles. The minimum Gasteiger partial charge on any atom is -0.378 e. The molecule has 2 aromatic rings. The molecule has 3 rings (SSSR count). The zero-order valence-electron chi connectivity index (χ0n) is 13.9. The molecule has 0 radical (unpaired) electrons. The Balaban J connectivity index is 1.96. The van der Waals surface area contributed by atoms with Crippen LogP contribution < -0.4 is 5.32 Å². The maximum Gasteiger partial charge on any atom is 0.133 e. The van der Waals surface area contributed by atoms with Gasteiger partial charge in [-0.1, -0.05) is 25.0 Å². The number of hydrogen-bond acceptors (Lipinski definition) is 3. The van der Waals surface area contributed by atoms with E-state index >= 15 is 0 Å². The molecule has 2 heterocycles. The molecule has 0 amide bonds. The summed E-state index contributed by atoms with van der Waals surface area (Å²) in [6.45, 7) is 5.47. The van der Waals surface area contributed by atoms with Crippen LogP contribution in [0.15, 0.2) is 18.2 Å². The van der Waals surface area contributed by atoms with E-state index in [-0.39, 0.29) is 6.04 Å². The van der Waals surface area contributed by atoms with Crippen molar-refractivity contribution in [2.45, 2.75) is 38.9 Å². The topological polar surface area (TPSA) is 15.3 Å². The largest absolute Gasteiger partial charge is 0.378 e. The second kappa shape index (κ2) is 6.90. The first-order valence-corrected chi connectivity index (χ1v) is 9.02. The maximum absolute atomic E-state index is 14.3. The van der Waals surface area contributed by atoms with Gasteiger partial charge in [-0.3, -0.25) is 0 Å². The highest BCUT2D eigenvalue weighted by Crippen LogP contribution is 2.37. The zero-order chi connectivity index (χ0) is 16.4. The number of anilines is 1. The number of halogens is 1. The van der Waals surface area contributed by atoms with Crippen molar-refractivity contribution < 1.29 is 4.39 Å². The van der Waals surface area contributed by atoms with Gasteiger partial charge in [0, 0.05) is 13.1 Å². The molecule has 0 unspecified atom stereocenters. The van der Waals surface area contributed by atoms with E-state index in [0.29, 0.717) is 6.54 Å². The highest BCUT2D eigenvalue weighted by atomic mass is 32.1. The Morgan fingerprint density at radius 3 is 2.96 bits per heavy atom. The second-order valence-corrected chi connectivity index (χ2v) is 7.16. The van der Waals surface area contributed by atoms with E-state index in [1.165, 1.54) is 15.6 Å². The van der Waals surface area contributed by atoms with Crippen molar-refractivity contribution in [1.29, 1.82) is 0 Å². The molecule has 0 aliphatic carbocycles. The standard InChI is InChI=1S/C19H23FN2S/c1-4-7-18-13(5-2)14-8-6-9-17(19(14)23-18)21-16-10-11-22(3)12-15(16)20/h6,8-9,15-16,21H,5,10-12H2,1-3H3/t15-,16+/m0/s1. The third-order valence-electron chi connectivity index (χ3n) is 4.50. The molecule has 1 aliphatic rings. The van der Waals surface area contributed by atoms with Crippen LogP contribution in [0, 0.1) is 11.8 Å². The highest BCUT2D eigenvalue weighted by molar-refractivity contribution is 7.20. The van der Waals surface area contributed by atoms with Crippen LogP contribution in [0.2, 0.25) is 0 Å². The van der Waals surface area contributed by atoms with Crippen LogP contribution in [0.1, 0.15) is 30.7 Å². The van der Waals surface area contributed by atoms with E-state index in [4.69, 9.17) is 0 Å². The summed E-state index contributed by atoms with van der Waals surface area (Å²) in [5.41, 5.74) is 2.35. The fourth-order valence-electron chi connectivity index (χ4n) is 3.27. The zero-order valence-corrected chi connectivity index (χ0v) is 14.8. The molecule has 23 heavy (non-hydrogen) atoms. The van der Waals surface area contributed by atoms with Crippen molar-refractivity contribution in [2.24, 2.45) is 0 Å². The SMILES string of the molecule is CC#Cc1sc2c(N[C@@H]3CCN(C)C[C@@H]3F)cccc2c1CC. The first kappa shape index (κ1) is 16.3. The fraction of sp³-hybridized carbons (Fsp3) is 0.474. The summed E-state index contributed by atoms with van der Waals surface area (Å²) in [5, 5.41) is 4.71. The number of thiophene rings is 1. The van der Waals surface area contributed by atoms with Gasteiger partial charge in [0.15, 0.2) is 0 Å². The smallest absolute Gasteiger partial charge is 0.133 e. The quantitative estimate of drug-likeness (QED) is 0.845. The number of rotatable bonds is 3. The van der Waals surface area contributed by atoms with Crippen molar-refractivity contribution in [3.05, 3.63) is 28.6 Å². The lowest BCUT2D eigenvalue weighted by Crippen LogP contribution is -2.46. The Morgan fingerprint density at radius 1 is 1.43 bits per heavy atom. The van der Waals surface area contributed by atoms with Gasteiger partial charge in [0.05, 0.1) is 21.3 Å². The van der Waals surface area contributed by atoms with Gasteiger partial charge in [-0.05, 0) is 43.8 Å². The molecule has 0 saturated carbocycles. The van der Waals surface area contributed by atoms with E-state index in [9.17, 15) is 4.39 Å². The summed E-state index contributed by atoms with van der Waals surface area (Å²) in [6.07, 6.45) is 0.972. The van der Waals surface area contributed by atoms with Crippen molar-refractivity contribution in [3.63, 3.8) is 0 Å². The third-order valence-corrected chi connectivity index (χ3v) is 5.69. The third kappa shape index (κ3) is 3.22. The maximum atomic E-state index is 14.3. The molecule has 1 saturated heterocycles. The summed E-state index contributed by atoms with van der Waals surface area (Å²) >= 11 is 1.72. The fourth-order valence-corrected chi connectivity index (χ4v) is 4.54. The van der Waals surface area contributed by atoms with Crippen LogP contribution in [0.4, 0.5) is 10.1 Å². The van der Waals surface area contributed by atoms with E-state index in [2.05, 4.69) is 47.2 Å². The van der Waals surface area contributed by atoms with Gasteiger partial charge in [-0.15, -0.1) is 17.3 Å². The Hall–Kier alpha value is -1.57. The van der Waals surface area contributed by atoms with Crippen LogP contribution in [0.3, 0.4) is 0 Å². The first-order valence-electron chi connectivity index (χ1n) is 8.20. The second-order valence-electron chi connectivity index (χ2n) is 6.14. The number of likely N-dealkylation sites (tertiary alicyclic amines) is 1. The molecule has 1 N–H and O–H groups in total. The lowest BCUT2D eigenvalue weighted by molar-refractivity contribution is 0.149. The van der Waals surface area contributed by atoms with Gasteiger partial charge in [0.1, 0.15) is 6.17 Å². The number of benzene rings is 1. The Kier molecular flexibility index (Phi) is 4.89. The summed E-state index contributed by atoms with van der Waals surface area (Å²) in [6, 6.07) is 6.16. The number of piperidine rings is 1. The van der Waals surface area contributed by atoms with Gasteiger partial charge >= 0.3 is 0 Å². The van der Waals surface area contributed by atoms with Crippen LogP contribution in [-0.4, -0.2) is 37.3 Å². The molecule has 0 spiro atoms. The average Bonchev–Trinajstić information content (AvgIpc) is 2.88. The van der Waals surface area contributed by atoms with E-state index in [1.807, 2.05) is 14.0 Å². The van der Waals surface area contributed by atoms with Gasteiger partial charge < -0.3 is 10.2 Å². The molecule has 1 fully saturated rings. The predicted molar refractivity (Wildman–Crippen MR) is 98.2 cm³/mol. The molecule has 2 nitrogen and oxygen atoms in total. The lowest BCUT2D eigenvalue weighted by atomic mass is 10.0. The first-order chi connectivity index (χ1) is 11.1. The highest BCUT2D eigenvalue weighted by Gasteiger charge is 2.28. The van der Waals surface area contributed by atoms with E-state index in [0.717, 1.165) is 30.0 Å². The summed E-state index contributed by atoms with van der Waals surface area (Å²) in [4.78, 5) is 3.19. The predicted octanol–water partition coefficient (Wildman–Crippen LogP) is 4.29. The Labute approximate surface area is 141 Å². The molecule has 2 atom stereocenters. The van der Waals surface area contributed by atoms with Crippen molar-refractivity contribution >= 4 is 27.1 Å². The number of nitrogens with zero attached hydrogens (tertiary/aromatic N) is 1. The Morgan fingerprint density at radius 2 is 2.26 bits per heavy atom. The molecule has 4 heteroatoms. The monoisotopic (exact) mass is 330 g/mol. The van der Waals surface area contributed by atoms with Crippen LogP contribution in [0.5, 0.6) is 0 Å². The van der Waals surface area contributed by atoms with Gasteiger partial charge in [-0.25, -0.2) is 4.39 Å². The van der Waals surface area contributed by atoms with Crippen molar-refractivity contribution in [1.82, 2.24) is 4.90 Å². The number of fused-ring (bicyclic) bond motifs is 1. The molecular formula is C19H23FN2S. The number of hydrogen-bond donors (Lipinski definition) is 1. The van der Waals surface area contributed by atoms with Gasteiger partial charge in [0.2, 0.25) is 0 Å². The molecule has 0 bridgehead atoms. The molecule has 122 valence electrons. The van der Waals surface area contributed by atoms with E-state index in [1.54, 1.807) is 11.3 Å². The summed E-state index contributed by atoms with van der Waals surface area (Å²) in [5.74, 6) is 6.23. The number of nitrogens with one attached hydrogen (secondary N) is 1. The van der Waals surface area contributed by atoms with Crippen LogP contribution in [-0.2, 0) is 6.42 Å². The van der Waals surface area contributed by atoms with Crippen LogP contribution in [0.25, 0.3) is 10.1 Å². The van der Waals surface area contributed by atoms with E-state index < -0.39 is 6.17 Å². The Bertz CT molecular complexity index is 756. The summed E-state index contributed by atoms with van der Waals surface area (Å²) < 4.78 is 15.5. The van der Waals surface area contributed by atoms with Gasteiger partial charge in [0.25, 0.3) is 0 Å². The number of alkyl halides is 1. The minimum atomic E-state index is -0.829. The van der Waals surface area contributed by atoms with Gasteiger partial charge in [-0.2, -0.15) is 0 Å². The molecule has 1 aromatic heterocycles. The number of aryl methyl sites for hydroxylation is 1. The molecular weight excluding hydrogens is 307 g/mol. The van der Waals surface area contributed by atoms with Crippen LogP contribution >= 0.6 is 11.3 Å². The minimum absolute atomic E-state index is 0.107. The molecule has 1 aromatic carbocycles. The van der Waals surface area contributed by atoms with Crippen molar-refractivity contribution in [2.75, 3.05) is 25.5 Å². The van der Waals surface area contributed by atoms with Crippen molar-refractivity contribution in [3.8, 4) is 11.8 Å². The normalized spacial score (nSPS) is 21.9. The average molecular weight is 330 g/mol.